The average molecular weight is 268 g/mol. The Morgan fingerprint density at radius 2 is 2.21 bits per heavy atom. The van der Waals surface area contributed by atoms with Crippen LogP contribution in [0.3, 0.4) is 0 Å². The standard InChI is InChI=1S/C6H9N3O2.C5H7NO2/c7-5(6(10)11)1-4-2-8-3-9-4;1-3(7)5(6)2-4(5)8/h2-3,5H,1,7H2,(H,8,9)(H,10,11);2,6H2,1H3/t5-;/m0./s1. The molecule has 0 saturated heterocycles. The number of imidazole rings is 1. The lowest BCUT2D eigenvalue weighted by molar-refractivity contribution is -0.138. The van der Waals surface area contributed by atoms with E-state index in [9.17, 15) is 14.4 Å². The van der Waals surface area contributed by atoms with Gasteiger partial charge in [-0.05, 0) is 6.92 Å². The van der Waals surface area contributed by atoms with Gasteiger partial charge in [0.15, 0.2) is 11.6 Å². The van der Waals surface area contributed by atoms with Gasteiger partial charge in [0.05, 0.1) is 6.33 Å². The molecule has 2 atom stereocenters. The third kappa shape index (κ3) is 3.97. The van der Waals surface area contributed by atoms with Crippen LogP contribution in [0.15, 0.2) is 12.5 Å². The summed E-state index contributed by atoms with van der Waals surface area (Å²) in [6, 6.07) is -0.851. The van der Waals surface area contributed by atoms with Crippen molar-refractivity contribution in [3.05, 3.63) is 18.2 Å². The van der Waals surface area contributed by atoms with Gasteiger partial charge in [0, 0.05) is 24.7 Å². The number of aliphatic carboxylic acids is 1. The summed E-state index contributed by atoms with van der Waals surface area (Å²) in [6.45, 7) is 1.34. The number of hydrogen-bond acceptors (Lipinski definition) is 6. The van der Waals surface area contributed by atoms with Crippen LogP contribution in [0, 0.1) is 0 Å². The van der Waals surface area contributed by atoms with Gasteiger partial charge >= 0.3 is 5.97 Å². The third-order valence-electron chi connectivity index (χ3n) is 2.75. The highest BCUT2D eigenvalue weighted by molar-refractivity contribution is 6.23. The second kappa shape index (κ2) is 5.72. The molecule has 0 bridgehead atoms. The van der Waals surface area contributed by atoms with Gasteiger partial charge in [0.2, 0.25) is 0 Å². The molecule has 1 saturated carbocycles. The molecule has 1 aromatic heterocycles. The van der Waals surface area contributed by atoms with E-state index in [1.807, 2.05) is 0 Å². The molecule has 1 fully saturated rings. The molecule has 6 N–H and O–H groups in total. The molecule has 1 aromatic rings. The zero-order valence-electron chi connectivity index (χ0n) is 10.4. The summed E-state index contributed by atoms with van der Waals surface area (Å²) in [6.07, 6.45) is 3.57. The zero-order chi connectivity index (χ0) is 14.6. The van der Waals surface area contributed by atoms with Crippen LogP contribution < -0.4 is 11.5 Å². The van der Waals surface area contributed by atoms with E-state index in [2.05, 4.69) is 9.97 Å². The van der Waals surface area contributed by atoms with Gasteiger partial charge in [-0.3, -0.25) is 14.4 Å². The quantitative estimate of drug-likeness (QED) is 0.490. The number of H-pyrrole nitrogens is 1. The van der Waals surface area contributed by atoms with Gasteiger partial charge in [-0.15, -0.1) is 0 Å². The van der Waals surface area contributed by atoms with Crippen molar-refractivity contribution < 1.29 is 19.5 Å². The second-order valence-electron chi connectivity index (χ2n) is 4.35. The highest BCUT2D eigenvalue weighted by atomic mass is 16.4. The van der Waals surface area contributed by atoms with Crippen LogP contribution in [-0.4, -0.2) is 44.2 Å². The lowest BCUT2D eigenvalue weighted by Gasteiger charge is -2.02. The average Bonchev–Trinajstić information content (AvgIpc) is 2.77. The fraction of sp³-hybridized carbons (Fsp3) is 0.455. The van der Waals surface area contributed by atoms with Crippen molar-refractivity contribution >= 4 is 17.5 Å². The van der Waals surface area contributed by atoms with E-state index >= 15 is 0 Å². The highest BCUT2D eigenvalue weighted by Gasteiger charge is 2.54. The van der Waals surface area contributed by atoms with Gasteiger partial charge in [-0.2, -0.15) is 0 Å². The lowest BCUT2D eigenvalue weighted by Crippen LogP contribution is -2.33. The number of nitrogens with one attached hydrogen (secondary N) is 1. The number of ketones is 2. The van der Waals surface area contributed by atoms with Crippen LogP contribution in [0.4, 0.5) is 0 Å². The van der Waals surface area contributed by atoms with Crippen molar-refractivity contribution in [2.45, 2.75) is 31.3 Å². The summed E-state index contributed by atoms with van der Waals surface area (Å²) in [4.78, 5) is 37.5. The predicted octanol–water partition coefficient (Wildman–Crippen LogP) is -1.39. The van der Waals surface area contributed by atoms with Crippen LogP contribution in [-0.2, 0) is 20.8 Å². The second-order valence-corrected chi connectivity index (χ2v) is 4.35. The Kier molecular flexibility index (Phi) is 4.52. The first-order chi connectivity index (χ1) is 8.77. The number of rotatable bonds is 4. The number of aromatic nitrogens is 2. The van der Waals surface area contributed by atoms with E-state index in [0.29, 0.717) is 0 Å². The maximum atomic E-state index is 10.4. The van der Waals surface area contributed by atoms with E-state index < -0.39 is 17.6 Å². The third-order valence-corrected chi connectivity index (χ3v) is 2.75. The number of Topliss-reactive ketones (excluding diaryl/α,β-unsaturated/α-hetero) is 2. The molecule has 0 amide bonds. The summed E-state index contributed by atoms with van der Waals surface area (Å²) >= 11 is 0. The summed E-state index contributed by atoms with van der Waals surface area (Å²) in [7, 11) is 0. The fourth-order valence-electron chi connectivity index (χ4n) is 1.25. The number of nitrogens with zero attached hydrogens (tertiary/aromatic N) is 1. The fourth-order valence-corrected chi connectivity index (χ4v) is 1.25. The molecule has 8 heteroatoms. The van der Waals surface area contributed by atoms with Crippen molar-refractivity contribution in [3.63, 3.8) is 0 Å². The Morgan fingerprint density at radius 3 is 2.47 bits per heavy atom. The molecule has 1 heterocycles. The minimum atomic E-state index is -1.07. The van der Waals surface area contributed by atoms with Crippen LogP contribution in [0.2, 0.25) is 0 Å². The number of carbonyl (C=O) groups is 3. The summed E-state index contributed by atoms with van der Waals surface area (Å²) < 4.78 is 0. The van der Waals surface area contributed by atoms with Gasteiger partial charge in [0.1, 0.15) is 11.6 Å². The first kappa shape index (κ1) is 15.0. The van der Waals surface area contributed by atoms with Crippen LogP contribution in [0.1, 0.15) is 19.0 Å². The maximum absolute atomic E-state index is 10.4. The van der Waals surface area contributed by atoms with Crippen molar-refractivity contribution in [3.8, 4) is 0 Å². The molecule has 1 aliphatic rings. The maximum Gasteiger partial charge on any atom is 0.320 e. The Hall–Kier alpha value is -2.06. The molecule has 8 nitrogen and oxygen atoms in total. The largest absolute Gasteiger partial charge is 0.480 e. The molecular formula is C11H16N4O4. The molecule has 0 radical (unpaired) electrons. The molecule has 2 rings (SSSR count). The van der Waals surface area contributed by atoms with E-state index in [0.717, 1.165) is 5.69 Å². The Bertz CT molecular complexity index is 485. The number of hydrogen-bond donors (Lipinski definition) is 4. The van der Waals surface area contributed by atoms with Crippen molar-refractivity contribution in [1.29, 1.82) is 0 Å². The number of carbonyl (C=O) groups excluding carboxylic acids is 2. The van der Waals surface area contributed by atoms with E-state index in [1.165, 1.54) is 13.3 Å². The Morgan fingerprint density at radius 1 is 1.63 bits per heavy atom. The normalized spacial score (nSPS) is 22.2. The molecule has 0 aliphatic heterocycles. The number of nitrogens with two attached hydrogens (primary N) is 2. The smallest absolute Gasteiger partial charge is 0.320 e. The molecule has 0 aromatic carbocycles. The van der Waals surface area contributed by atoms with Crippen molar-refractivity contribution in [2.24, 2.45) is 11.5 Å². The Labute approximate surface area is 109 Å². The highest BCUT2D eigenvalue weighted by Crippen LogP contribution is 2.27. The van der Waals surface area contributed by atoms with Crippen LogP contribution >= 0.6 is 0 Å². The van der Waals surface area contributed by atoms with Crippen molar-refractivity contribution in [1.82, 2.24) is 9.97 Å². The number of aromatic amines is 1. The summed E-state index contributed by atoms with van der Waals surface area (Å²) in [5.41, 5.74) is 10.2. The number of carboxylic acid groups (broad SMARTS) is 1. The van der Waals surface area contributed by atoms with Gasteiger partial charge < -0.3 is 21.6 Å². The minimum absolute atomic E-state index is 0.134. The summed E-state index contributed by atoms with van der Waals surface area (Å²) in [5.74, 6) is -1.35. The predicted molar refractivity (Wildman–Crippen MR) is 65.1 cm³/mol. The molecule has 1 unspecified atom stereocenters. The zero-order valence-corrected chi connectivity index (χ0v) is 10.4. The minimum Gasteiger partial charge on any atom is -0.480 e. The van der Waals surface area contributed by atoms with Crippen molar-refractivity contribution in [2.75, 3.05) is 0 Å². The van der Waals surface area contributed by atoms with E-state index in [4.69, 9.17) is 16.6 Å². The summed E-state index contributed by atoms with van der Waals surface area (Å²) in [5, 5.41) is 8.42. The SMILES string of the molecule is CC(=O)C1(N)CC1=O.N[C@@H](Cc1cnc[nH]1)C(=O)O. The van der Waals surface area contributed by atoms with Crippen LogP contribution in [0.25, 0.3) is 0 Å². The van der Waals surface area contributed by atoms with Gasteiger partial charge in [-0.25, -0.2) is 4.98 Å². The van der Waals surface area contributed by atoms with Crippen LogP contribution in [0.5, 0.6) is 0 Å². The van der Waals surface area contributed by atoms with Gasteiger partial charge in [-0.1, -0.05) is 0 Å². The first-order valence-electron chi connectivity index (χ1n) is 5.56. The monoisotopic (exact) mass is 268 g/mol. The molecular weight excluding hydrogens is 252 g/mol. The molecule has 0 spiro atoms. The molecule has 1 aliphatic carbocycles. The topological polar surface area (TPSA) is 152 Å². The van der Waals surface area contributed by atoms with E-state index in [1.54, 1.807) is 6.20 Å². The lowest BCUT2D eigenvalue weighted by atomic mass is 10.2. The van der Waals surface area contributed by atoms with Gasteiger partial charge in [0.25, 0.3) is 0 Å². The Balaban J connectivity index is 0.000000200. The first-order valence-corrected chi connectivity index (χ1v) is 5.56. The molecule has 19 heavy (non-hydrogen) atoms. The number of carboxylic acids is 1. The molecule has 104 valence electrons. The van der Waals surface area contributed by atoms with E-state index in [-0.39, 0.29) is 24.4 Å².